The number of ether oxygens (including phenoxy) is 1. The number of hydrogen-bond acceptors (Lipinski definition) is 5. The van der Waals surface area contributed by atoms with Gasteiger partial charge in [0.05, 0.1) is 12.5 Å². The molecule has 198 valence electrons. The highest BCUT2D eigenvalue weighted by molar-refractivity contribution is 6.01. The van der Waals surface area contributed by atoms with Gasteiger partial charge in [-0.3, -0.25) is 14.5 Å². The molecule has 5 rings (SSSR count). The third-order valence-corrected chi connectivity index (χ3v) is 7.94. The number of nitrogens with zero attached hydrogens (tertiary/aromatic N) is 3. The van der Waals surface area contributed by atoms with E-state index in [1.54, 1.807) is 16.8 Å². The monoisotopic (exact) mass is 514 g/mol. The summed E-state index contributed by atoms with van der Waals surface area (Å²) < 4.78 is 5.58. The van der Waals surface area contributed by atoms with Crippen LogP contribution in [-0.2, 0) is 27.2 Å². The molecule has 2 aromatic carbocycles. The Bertz CT molecular complexity index is 1320. The minimum atomic E-state index is -0.950. The third-order valence-electron chi connectivity index (χ3n) is 7.94. The maximum atomic E-state index is 13.5. The number of carbonyl (C=O) groups excluding carboxylic acids is 3. The number of likely N-dealkylation sites (tertiary alicyclic amines) is 1. The third kappa shape index (κ3) is 4.73. The van der Waals surface area contributed by atoms with Crippen molar-refractivity contribution in [3.8, 4) is 17.2 Å². The van der Waals surface area contributed by atoms with Crippen LogP contribution in [0.3, 0.4) is 0 Å². The molecule has 2 aliphatic heterocycles. The van der Waals surface area contributed by atoms with E-state index in [2.05, 4.69) is 11.4 Å². The first-order valence-corrected chi connectivity index (χ1v) is 13.2. The standard InChI is InChI=1S/C30H34N4O4/c1-29(2,3)38-28(37)34-18-20-11-12-30(34,16-20)27(36)32-24(17-31)13-19-5-7-21(8-6-19)22-9-10-23-15-26(35)33(4)25(23)14-22/h5-10,14,20,24H,11-13,15-16,18H2,1-4H3,(H,32,36)/t20?,24-,30+/m0/s1. The van der Waals surface area contributed by atoms with Gasteiger partial charge in [-0.05, 0) is 74.3 Å². The average molecular weight is 515 g/mol. The van der Waals surface area contributed by atoms with E-state index in [1.165, 1.54) is 0 Å². The highest BCUT2D eigenvalue weighted by Crippen LogP contribution is 2.47. The molecule has 1 aliphatic carbocycles. The molecule has 0 aromatic heterocycles. The van der Waals surface area contributed by atoms with Crippen LogP contribution in [0.15, 0.2) is 42.5 Å². The highest BCUT2D eigenvalue weighted by Gasteiger charge is 2.58. The first kappa shape index (κ1) is 25.8. The number of nitrogens with one attached hydrogen (secondary N) is 1. The Balaban J connectivity index is 1.26. The van der Waals surface area contributed by atoms with Crippen LogP contribution in [0.2, 0.25) is 0 Å². The van der Waals surface area contributed by atoms with Crippen molar-refractivity contribution in [2.75, 3.05) is 18.5 Å². The summed E-state index contributed by atoms with van der Waals surface area (Å²) in [5, 5.41) is 12.8. The van der Waals surface area contributed by atoms with Crippen LogP contribution >= 0.6 is 0 Å². The zero-order valence-corrected chi connectivity index (χ0v) is 22.4. The Morgan fingerprint density at radius 3 is 2.55 bits per heavy atom. The van der Waals surface area contributed by atoms with Gasteiger partial charge in [0.15, 0.2) is 0 Å². The fourth-order valence-electron chi connectivity index (χ4n) is 5.97. The van der Waals surface area contributed by atoms with Crippen LogP contribution in [0.5, 0.6) is 0 Å². The number of amides is 3. The SMILES string of the molecule is CN1C(=O)Cc2ccc(-c3ccc(C[C@@H](C#N)NC(=O)[C@]45CCC(CN4C(=O)OC(C)(C)C)C5)cc3)cc21. The van der Waals surface area contributed by atoms with E-state index in [4.69, 9.17) is 4.74 Å². The number of piperidine rings is 1. The number of likely N-dealkylation sites (N-methyl/N-ethyl adjacent to an activating group) is 1. The van der Waals surface area contributed by atoms with E-state index in [1.807, 2.05) is 63.2 Å². The summed E-state index contributed by atoms with van der Waals surface area (Å²) in [5.41, 5.74) is 3.32. The molecule has 2 fully saturated rings. The summed E-state index contributed by atoms with van der Waals surface area (Å²) in [4.78, 5) is 41.7. The second-order valence-electron chi connectivity index (χ2n) is 11.8. The minimum absolute atomic E-state index is 0.0941. The first-order chi connectivity index (χ1) is 18.0. The molecular weight excluding hydrogens is 480 g/mol. The summed E-state index contributed by atoms with van der Waals surface area (Å²) in [7, 11) is 1.79. The summed E-state index contributed by atoms with van der Waals surface area (Å²) in [6.07, 6.45) is 2.39. The molecule has 1 saturated heterocycles. The van der Waals surface area contributed by atoms with Crippen LogP contribution < -0.4 is 10.2 Å². The Morgan fingerprint density at radius 2 is 1.89 bits per heavy atom. The van der Waals surface area contributed by atoms with E-state index in [0.29, 0.717) is 32.2 Å². The molecule has 3 atom stereocenters. The summed E-state index contributed by atoms with van der Waals surface area (Å²) in [5.74, 6) is 0.0957. The van der Waals surface area contributed by atoms with Crippen LogP contribution in [0.4, 0.5) is 10.5 Å². The molecule has 1 unspecified atom stereocenters. The topological polar surface area (TPSA) is 103 Å². The zero-order valence-electron chi connectivity index (χ0n) is 22.4. The predicted octanol–water partition coefficient (Wildman–Crippen LogP) is 4.21. The Labute approximate surface area is 223 Å². The Kier molecular flexibility index (Phi) is 6.42. The Hall–Kier alpha value is -3.86. The number of fused-ring (bicyclic) bond motifs is 3. The molecule has 8 nitrogen and oxygen atoms in total. The van der Waals surface area contributed by atoms with Crippen molar-refractivity contribution in [1.82, 2.24) is 10.2 Å². The number of rotatable bonds is 5. The van der Waals surface area contributed by atoms with E-state index in [-0.39, 0.29) is 17.7 Å². The van der Waals surface area contributed by atoms with Crippen molar-refractivity contribution in [3.63, 3.8) is 0 Å². The molecule has 3 amide bonds. The van der Waals surface area contributed by atoms with Crippen molar-refractivity contribution < 1.29 is 19.1 Å². The van der Waals surface area contributed by atoms with Gasteiger partial charge in [0.2, 0.25) is 11.8 Å². The van der Waals surface area contributed by atoms with Crippen LogP contribution in [0.1, 0.15) is 51.2 Å². The van der Waals surface area contributed by atoms with Crippen LogP contribution in [0.25, 0.3) is 11.1 Å². The van der Waals surface area contributed by atoms with E-state index >= 15 is 0 Å². The van der Waals surface area contributed by atoms with Gasteiger partial charge >= 0.3 is 6.09 Å². The predicted molar refractivity (Wildman–Crippen MR) is 143 cm³/mol. The van der Waals surface area contributed by atoms with Gasteiger partial charge in [-0.2, -0.15) is 5.26 Å². The maximum absolute atomic E-state index is 13.5. The number of anilines is 1. The summed E-state index contributed by atoms with van der Waals surface area (Å²) >= 11 is 0. The fourth-order valence-corrected chi connectivity index (χ4v) is 5.97. The molecule has 1 saturated carbocycles. The van der Waals surface area contributed by atoms with Crippen LogP contribution in [0, 0.1) is 17.2 Å². The second-order valence-corrected chi connectivity index (χ2v) is 11.8. The highest BCUT2D eigenvalue weighted by atomic mass is 16.6. The summed E-state index contributed by atoms with van der Waals surface area (Å²) in [6.45, 7) is 5.94. The molecule has 0 spiro atoms. The van der Waals surface area contributed by atoms with Gasteiger partial charge in [-0.1, -0.05) is 36.4 Å². The van der Waals surface area contributed by atoms with E-state index < -0.39 is 23.3 Å². The largest absolute Gasteiger partial charge is 0.444 e. The normalized spacial score (nSPS) is 22.7. The number of hydrogen-bond donors (Lipinski definition) is 1. The molecule has 2 bridgehead atoms. The lowest BCUT2D eigenvalue weighted by Crippen LogP contribution is -2.59. The summed E-state index contributed by atoms with van der Waals surface area (Å²) in [6, 6.07) is 15.4. The van der Waals surface area contributed by atoms with Gasteiger partial charge in [0.1, 0.15) is 17.2 Å². The van der Waals surface area contributed by atoms with Gasteiger partial charge in [0.25, 0.3) is 0 Å². The first-order valence-electron chi connectivity index (χ1n) is 13.2. The number of benzene rings is 2. The molecule has 0 radical (unpaired) electrons. The van der Waals surface area contributed by atoms with E-state index in [0.717, 1.165) is 34.4 Å². The van der Waals surface area contributed by atoms with Gasteiger partial charge in [0, 0.05) is 25.7 Å². The number of nitriles is 1. The molecule has 3 aliphatic rings. The second kappa shape index (κ2) is 9.46. The zero-order chi connectivity index (χ0) is 27.2. The molecule has 38 heavy (non-hydrogen) atoms. The van der Waals surface area contributed by atoms with Crippen molar-refractivity contribution in [1.29, 1.82) is 5.26 Å². The average Bonchev–Trinajstić information content (AvgIpc) is 3.55. The van der Waals surface area contributed by atoms with Crippen molar-refractivity contribution in [3.05, 3.63) is 53.6 Å². The quantitative estimate of drug-likeness (QED) is 0.644. The minimum Gasteiger partial charge on any atom is -0.444 e. The van der Waals surface area contributed by atoms with Crippen LogP contribution in [-0.4, -0.2) is 53.6 Å². The van der Waals surface area contributed by atoms with Gasteiger partial charge < -0.3 is 15.0 Å². The van der Waals surface area contributed by atoms with Crippen molar-refractivity contribution in [2.24, 2.45) is 5.92 Å². The number of carbonyl (C=O) groups is 3. The fraction of sp³-hybridized carbons (Fsp3) is 0.467. The lowest BCUT2D eigenvalue weighted by Gasteiger charge is -2.38. The van der Waals surface area contributed by atoms with Crippen molar-refractivity contribution in [2.45, 2.75) is 70.1 Å². The van der Waals surface area contributed by atoms with Crippen molar-refractivity contribution >= 4 is 23.6 Å². The van der Waals surface area contributed by atoms with E-state index in [9.17, 15) is 19.6 Å². The molecule has 2 aromatic rings. The molecule has 1 N–H and O–H groups in total. The van der Waals surface area contributed by atoms with Gasteiger partial charge in [-0.25, -0.2) is 4.79 Å². The lowest BCUT2D eigenvalue weighted by molar-refractivity contribution is -0.132. The molecule has 2 heterocycles. The molecular formula is C30H34N4O4. The van der Waals surface area contributed by atoms with Gasteiger partial charge in [-0.15, -0.1) is 0 Å². The molecule has 8 heteroatoms. The maximum Gasteiger partial charge on any atom is 0.411 e. The lowest BCUT2D eigenvalue weighted by atomic mass is 9.94. The smallest absolute Gasteiger partial charge is 0.411 e. The Morgan fingerprint density at radius 1 is 1.18 bits per heavy atom.